The SMILES string of the molecule is CCC1CCC(c2ncc(C(=O)O)s2)C1. The van der Waals surface area contributed by atoms with Gasteiger partial charge in [0.05, 0.1) is 11.2 Å². The Hall–Kier alpha value is -0.900. The van der Waals surface area contributed by atoms with Crippen molar-refractivity contribution in [3.05, 3.63) is 16.1 Å². The Balaban J connectivity index is 2.07. The van der Waals surface area contributed by atoms with E-state index in [0.717, 1.165) is 10.9 Å². The van der Waals surface area contributed by atoms with E-state index in [-0.39, 0.29) is 0 Å². The van der Waals surface area contributed by atoms with Gasteiger partial charge in [0.1, 0.15) is 4.88 Å². The molecule has 2 atom stereocenters. The van der Waals surface area contributed by atoms with Crippen molar-refractivity contribution >= 4 is 17.3 Å². The van der Waals surface area contributed by atoms with Gasteiger partial charge in [-0.3, -0.25) is 0 Å². The van der Waals surface area contributed by atoms with Crippen LogP contribution in [0.1, 0.15) is 53.2 Å². The fraction of sp³-hybridized carbons (Fsp3) is 0.636. The average Bonchev–Trinajstić information content (AvgIpc) is 2.86. The van der Waals surface area contributed by atoms with Crippen LogP contribution in [0.15, 0.2) is 6.20 Å². The van der Waals surface area contributed by atoms with Crippen LogP contribution < -0.4 is 0 Å². The highest BCUT2D eigenvalue weighted by atomic mass is 32.1. The lowest BCUT2D eigenvalue weighted by atomic mass is 10.0. The fourth-order valence-corrected chi connectivity index (χ4v) is 3.15. The summed E-state index contributed by atoms with van der Waals surface area (Å²) >= 11 is 1.34. The quantitative estimate of drug-likeness (QED) is 0.859. The highest BCUT2D eigenvalue weighted by Crippen LogP contribution is 2.40. The van der Waals surface area contributed by atoms with Gasteiger partial charge in [0.15, 0.2) is 0 Å². The molecule has 0 aromatic carbocycles. The molecular formula is C11H15NO2S. The molecular weight excluding hydrogens is 210 g/mol. The highest BCUT2D eigenvalue weighted by molar-refractivity contribution is 7.13. The molecule has 1 N–H and O–H groups in total. The maximum atomic E-state index is 10.7. The number of hydrogen-bond donors (Lipinski definition) is 1. The van der Waals surface area contributed by atoms with Gasteiger partial charge in [-0.2, -0.15) is 0 Å². The number of hydrogen-bond acceptors (Lipinski definition) is 3. The van der Waals surface area contributed by atoms with Gasteiger partial charge in [0.25, 0.3) is 0 Å². The molecule has 0 amide bonds. The first-order chi connectivity index (χ1) is 7.20. The fourth-order valence-electron chi connectivity index (χ4n) is 2.25. The van der Waals surface area contributed by atoms with Crippen LogP contribution in [0, 0.1) is 5.92 Å². The number of carboxylic acids is 1. The van der Waals surface area contributed by atoms with Crippen molar-refractivity contribution in [2.75, 3.05) is 0 Å². The van der Waals surface area contributed by atoms with Gasteiger partial charge >= 0.3 is 5.97 Å². The first-order valence-corrected chi connectivity index (χ1v) is 6.21. The van der Waals surface area contributed by atoms with Crippen LogP contribution in [0.25, 0.3) is 0 Å². The molecule has 1 fully saturated rings. The summed E-state index contributed by atoms with van der Waals surface area (Å²) in [5.41, 5.74) is 0. The van der Waals surface area contributed by atoms with Crippen molar-refractivity contribution in [1.29, 1.82) is 0 Å². The molecule has 0 spiro atoms. The molecule has 0 radical (unpaired) electrons. The predicted molar refractivity (Wildman–Crippen MR) is 59.4 cm³/mol. The number of aromatic nitrogens is 1. The highest BCUT2D eigenvalue weighted by Gasteiger charge is 2.27. The summed E-state index contributed by atoms with van der Waals surface area (Å²) in [6.07, 6.45) is 6.34. The molecule has 0 saturated heterocycles. The topological polar surface area (TPSA) is 50.2 Å². The van der Waals surface area contributed by atoms with Crippen molar-refractivity contribution in [2.45, 2.75) is 38.5 Å². The molecule has 1 saturated carbocycles. The number of carbonyl (C=O) groups is 1. The van der Waals surface area contributed by atoms with Gasteiger partial charge in [-0.25, -0.2) is 9.78 Å². The summed E-state index contributed by atoms with van der Waals surface area (Å²) in [6.45, 7) is 2.22. The average molecular weight is 225 g/mol. The Morgan fingerprint density at radius 1 is 1.67 bits per heavy atom. The maximum absolute atomic E-state index is 10.7. The normalized spacial score (nSPS) is 25.7. The molecule has 15 heavy (non-hydrogen) atoms. The van der Waals surface area contributed by atoms with Crippen molar-refractivity contribution in [1.82, 2.24) is 4.98 Å². The summed E-state index contributed by atoms with van der Waals surface area (Å²) in [5, 5.41) is 9.83. The lowest BCUT2D eigenvalue weighted by Gasteiger charge is -2.05. The molecule has 1 aliphatic carbocycles. The standard InChI is InChI=1S/C11H15NO2S/c1-2-7-3-4-8(5-7)10-12-6-9(15-10)11(13)14/h6-8H,2-5H2,1H3,(H,13,14). The first kappa shape index (κ1) is 10.6. The monoisotopic (exact) mass is 225 g/mol. The zero-order valence-corrected chi connectivity index (χ0v) is 9.59. The third-order valence-electron chi connectivity index (χ3n) is 3.20. The maximum Gasteiger partial charge on any atom is 0.347 e. The van der Waals surface area contributed by atoms with Crippen molar-refractivity contribution in [3.63, 3.8) is 0 Å². The smallest absolute Gasteiger partial charge is 0.347 e. The molecule has 2 unspecified atom stereocenters. The number of nitrogens with zero attached hydrogens (tertiary/aromatic N) is 1. The van der Waals surface area contributed by atoms with Crippen LogP contribution in [0.3, 0.4) is 0 Å². The third kappa shape index (κ3) is 2.20. The molecule has 1 aromatic rings. The number of rotatable bonds is 3. The van der Waals surface area contributed by atoms with E-state index in [9.17, 15) is 4.79 Å². The Morgan fingerprint density at radius 2 is 2.47 bits per heavy atom. The summed E-state index contributed by atoms with van der Waals surface area (Å²) in [5.74, 6) is 0.462. The van der Waals surface area contributed by atoms with Gasteiger partial charge in [0, 0.05) is 5.92 Å². The molecule has 3 nitrogen and oxygen atoms in total. The van der Waals surface area contributed by atoms with Gasteiger partial charge in [-0.1, -0.05) is 13.3 Å². The van der Waals surface area contributed by atoms with E-state index in [4.69, 9.17) is 5.11 Å². The van der Waals surface area contributed by atoms with Crippen LogP contribution in [0.4, 0.5) is 0 Å². The second-order valence-electron chi connectivity index (χ2n) is 4.15. The lowest BCUT2D eigenvalue weighted by molar-refractivity contribution is 0.0702. The van der Waals surface area contributed by atoms with Gasteiger partial charge < -0.3 is 5.11 Å². The Labute approximate surface area is 93.2 Å². The summed E-state index contributed by atoms with van der Waals surface area (Å²) in [6, 6.07) is 0. The molecule has 0 bridgehead atoms. The van der Waals surface area contributed by atoms with E-state index in [2.05, 4.69) is 11.9 Å². The molecule has 1 heterocycles. The van der Waals surface area contributed by atoms with E-state index in [1.54, 1.807) is 0 Å². The van der Waals surface area contributed by atoms with Crippen LogP contribution in [-0.4, -0.2) is 16.1 Å². The van der Waals surface area contributed by atoms with E-state index < -0.39 is 5.97 Å². The molecule has 2 rings (SSSR count). The second kappa shape index (κ2) is 4.31. The predicted octanol–water partition coefficient (Wildman–Crippen LogP) is 3.14. The van der Waals surface area contributed by atoms with Crippen molar-refractivity contribution in [3.8, 4) is 0 Å². The lowest BCUT2D eigenvalue weighted by Crippen LogP contribution is -1.93. The minimum atomic E-state index is -0.858. The molecule has 82 valence electrons. The zero-order chi connectivity index (χ0) is 10.8. The molecule has 4 heteroatoms. The number of thiazole rings is 1. The number of carboxylic acid groups (broad SMARTS) is 1. The van der Waals surface area contributed by atoms with Crippen LogP contribution in [0.2, 0.25) is 0 Å². The van der Waals surface area contributed by atoms with Crippen molar-refractivity contribution in [2.24, 2.45) is 5.92 Å². The summed E-state index contributed by atoms with van der Waals surface area (Å²) < 4.78 is 0. The van der Waals surface area contributed by atoms with Gasteiger partial charge in [-0.15, -0.1) is 11.3 Å². The minimum absolute atomic E-state index is 0.366. The molecule has 1 aromatic heterocycles. The van der Waals surface area contributed by atoms with Crippen molar-refractivity contribution < 1.29 is 9.90 Å². The van der Waals surface area contributed by atoms with E-state index >= 15 is 0 Å². The molecule has 1 aliphatic rings. The number of aromatic carboxylic acids is 1. The van der Waals surface area contributed by atoms with Gasteiger partial charge in [-0.05, 0) is 25.2 Å². The Morgan fingerprint density at radius 3 is 3.00 bits per heavy atom. The van der Waals surface area contributed by atoms with Crippen LogP contribution in [-0.2, 0) is 0 Å². The summed E-state index contributed by atoms with van der Waals surface area (Å²) in [4.78, 5) is 15.3. The second-order valence-corrected chi connectivity index (χ2v) is 5.21. The molecule has 0 aliphatic heterocycles. The third-order valence-corrected chi connectivity index (χ3v) is 4.35. The largest absolute Gasteiger partial charge is 0.477 e. The van der Waals surface area contributed by atoms with Crippen LogP contribution >= 0.6 is 11.3 Å². The van der Waals surface area contributed by atoms with Crippen LogP contribution in [0.5, 0.6) is 0 Å². The minimum Gasteiger partial charge on any atom is -0.477 e. The van der Waals surface area contributed by atoms with E-state index in [1.807, 2.05) is 0 Å². The van der Waals surface area contributed by atoms with Gasteiger partial charge in [0.2, 0.25) is 0 Å². The first-order valence-electron chi connectivity index (χ1n) is 5.39. The van der Waals surface area contributed by atoms with E-state index in [0.29, 0.717) is 10.8 Å². The summed E-state index contributed by atoms with van der Waals surface area (Å²) in [7, 11) is 0. The Kier molecular flexibility index (Phi) is 3.05. The zero-order valence-electron chi connectivity index (χ0n) is 8.77. The Bertz CT molecular complexity index is 361. The van der Waals surface area contributed by atoms with E-state index in [1.165, 1.54) is 43.2 Å².